The number of para-hydroxylation sites is 2. The zero-order chi connectivity index (χ0) is 21.5. The molecule has 2 aromatic carbocycles. The van der Waals surface area contributed by atoms with Gasteiger partial charge < -0.3 is 15.0 Å². The SMILES string of the molecule is COc1ccccc1-n1cnnc1SCC(=O)Nc1ccc(N2CCCCCC2)cc1. The Labute approximate surface area is 186 Å². The fraction of sp³-hybridized carbons (Fsp3) is 0.348. The molecule has 8 heteroatoms. The number of anilines is 2. The highest BCUT2D eigenvalue weighted by Gasteiger charge is 2.14. The average Bonchev–Trinajstić information content (AvgIpc) is 3.10. The van der Waals surface area contributed by atoms with Crippen LogP contribution in [0, 0.1) is 0 Å². The number of carbonyl (C=O) groups is 1. The van der Waals surface area contributed by atoms with Crippen molar-refractivity contribution in [1.82, 2.24) is 14.8 Å². The van der Waals surface area contributed by atoms with E-state index in [4.69, 9.17) is 4.74 Å². The van der Waals surface area contributed by atoms with Gasteiger partial charge in [0.2, 0.25) is 5.91 Å². The zero-order valence-corrected chi connectivity index (χ0v) is 18.5. The van der Waals surface area contributed by atoms with Gasteiger partial charge in [0, 0.05) is 24.5 Å². The highest BCUT2D eigenvalue weighted by Crippen LogP contribution is 2.27. The first-order chi connectivity index (χ1) is 15.2. The van der Waals surface area contributed by atoms with Crippen molar-refractivity contribution in [2.24, 2.45) is 0 Å². The van der Waals surface area contributed by atoms with E-state index in [0.29, 0.717) is 5.16 Å². The summed E-state index contributed by atoms with van der Waals surface area (Å²) in [4.78, 5) is 14.9. The summed E-state index contributed by atoms with van der Waals surface area (Å²) >= 11 is 1.34. The first kappa shape index (κ1) is 21.2. The molecule has 1 aromatic heterocycles. The lowest BCUT2D eigenvalue weighted by atomic mass is 10.2. The van der Waals surface area contributed by atoms with Gasteiger partial charge in [-0.3, -0.25) is 9.36 Å². The molecular weight excluding hydrogens is 410 g/mol. The molecule has 0 aliphatic carbocycles. The average molecular weight is 438 g/mol. The van der Waals surface area contributed by atoms with E-state index in [0.717, 1.165) is 30.2 Å². The number of thioether (sulfide) groups is 1. The maximum atomic E-state index is 12.5. The number of nitrogens with one attached hydrogen (secondary N) is 1. The number of hydrogen-bond donors (Lipinski definition) is 1. The molecule has 0 unspecified atom stereocenters. The number of rotatable bonds is 7. The second-order valence-electron chi connectivity index (χ2n) is 7.44. The van der Waals surface area contributed by atoms with E-state index in [1.165, 1.54) is 43.1 Å². The molecular formula is C23H27N5O2S. The Kier molecular flexibility index (Phi) is 7.09. The van der Waals surface area contributed by atoms with Crippen molar-refractivity contribution in [2.45, 2.75) is 30.8 Å². The summed E-state index contributed by atoms with van der Waals surface area (Å²) in [5, 5.41) is 11.8. The Bertz CT molecular complexity index is 997. The predicted molar refractivity (Wildman–Crippen MR) is 124 cm³/mol. The van der Waals surface area contributed by atoms with Crippen LogP contribution < -0.4 is 15.0 Å². The zero-order valence-electron chi connectivity index (χ0n) is 17.7. The van der Waals surface area contributed by atoms with Crippen LogP contribution in [0.15, 0.2) is 60.0 Å². The minimum atomic E-state index is -0.0814. The Hall–Kier alpha value is -3.00. The molecule has 1 fully saturated rings. The van der Waals surface area contributed by atoms with E-state index in [2.05, 4.69) is 32.5 Å². The van der Waals surface area contributed by atoms with Crippen molar-refractivity contribution in [2.75, 3.05) is 36.2 Å². The van der Waals surface area contributed by atoms with Crippen LogP contribution in [-0.4, -0.2) is 46.6 Å². The third-order valence-electron chi connectivity index (χ3n) is 5.32. The number of ether oxygens (including phenoxy) is 1. The van der Waals surface area contributed by atoms with Crippen LogP contribution in [0.5, 0.6) is 5.75 Å². The van der Waals surface area contributed by atoms with Gasteiger partial charge in [0.25, 0.3) is 0 Å². The molecule has 0 spiro atoms. The number of benzene rings is 2. The number of methoxy groups -OCH3 is 1. The molecule has 0 radical (unpaired) electrons. The van der Waals surface area contributed by atoms with Crippen molar-refractivity contribution in [3.63, 3.8) is 0 Å². The van der Waals surface area contributed by atoms with Crippen molar-refractivity contribution in [3.8, 4) is 11.4 Å². The standard InChI is InChI=1S/C23H27N5O2S/c1-30-21-9-5-4-8-20(21)28-17-24-26-23(28)31-16-22(29)25-18-10-12-19(13-11-18)27-14-6-2-3-7-15-27/h4-5,8-13,17H,2-3,6-7,14-16H2,1H3,(H,25,29). The molecule has 0 saturated carbocycles. The summed E-state index contributed by atoms with van der Waals surface area (Å²) in [6, 6.07) is 15.8. The molecule has 31 heavy (non-hydrogen) atoms. The van der Waals surface area contributed by atoms with E-state index in [1.807, 2.05) is 41.0 Å². The number of carbonyl (C=O) groups excluding carboxylic acids is 1. The number of amides is 1. The highest BCUT2D eigenvalue weighted by molar-refractivity contribution is 7.99. The molecule has 7 nitrogen and oxygen atoms in total. The fourth-order valence-electron chi connectivity index (χ4n) is 3.73. The van der Waals surface area contributed by atoms with E-state index in [9.17, 15) is 4.79 Å². The van der Waals surface area contributed by atoms with Crippen molar-refractivity contribution in [3.05, 3.63) is 54.9 Å². The lowest BCUT2D eigenvalue weighted by molar-refractivity contribution is -0.113. The largest absolute Gasteiger partial charge is 0.495 e. The van der Waals surface area contributed by atoms with Gasteiger partial charge in [0.05, 0.1) is 18.6 Å². The fourth-order valence-corrected chi connectivity index (χ4v) is 4.45. The summed E-state index contributed by atoms with van der Waals surface area (Å²) in [6.45, 7) is 2.21. The quantitative estimate of drug-likeness (QED) is 0.553. The molecule has 0 atom stereocenters. The second-order valence-corrected chi connectivity index (χ2v) is 8.38. The van der Waals surface area contributed by atoms with Crippen molar-refractivity contribution >= 4 is 29.0 Å². The molecule has 0 bridgehead atoms. The number of hydrogen-bond acceptors (Lipinski definition) is 6. The normalized spacial score (nSPS) is 14.2. The highest BCUT2D eigenvalue weighted by atomic mass is 32.2. The van der Waals surface area contributed by atoms with Gasteiger partial charge in [-0.2, -0.15) is 0 Å². The van der Waals surface area contributed by atoms with E-state index in [-0.39, 0.29) is 11.7 Å². The smallest absolute Gasteiger partial charge is 0.234 e. The lowest BCUT2D eigenvalue weighted by Crippen LogP contribution is -2.23. The van der Waals surface area contributed by atoms with E-state index in [1.54, 1.807) is 13.4 Å². The molecule has 162 valence electrons. The monoisotopic (exact) mass is 437 g/mol. The van der Waals surface area contributed by atoms with Crippen molar-refractivity contribution in [1.29, 1.82) is 0 Å². The van der Waals surface area contributed by atoms with Crippen LogP contribution in [0.2, 0.25) is 0 Å². The van der Waals surface area contributed by atoms with Crippen LogP contribution in [0.25, 0.3) is 5.69 Å². The van der Waals surface area contributed by atoms with E-state index >= 15 is 0 Å². The van der Waals surface area contributed by atoms with Crippen LogP contribution in [-0.2, 0) is 4.79 Å². The third kappa shape index (κ3) is 5.38. The van der Waals surface area contributed by atoms with Crippen LogP contribution in [0.3, 0.4) is 0 Å². The maximum absolute atomic E-state index is 12.5. The first-order valence-electron chi connectivity index (χ1n) is 10.6. The van der Waals surface area contributed by atoms with Gasteiger partial charge in [0.15, 0.2) is 5.16 Å². The van der Waals surface area contributed by atoms with Gasteiger partial charge in [-0.1, -0.05) is 36.7 Å². The molecule has 4 rings (SSSR count). The van der Waals surface area contributed by atoms with Gasteiger partial charge in [0.1, 0.15) is 12.1 Å². The molecule has 1 amide bonds. The van der Waals surface area contributed by atoms with Crippen molar-refractivity contribution < 1.29 is 9.53 Å². The Morgan fingerprint density at radius 2 is 1.81 bits per heavy atom. The minimum Gasteiger partial charge on any atom is -0.495 e. The summed E-state index contributed by atoms with van der Waals surface area (Å²) in [7, 11) is 1.63. The Balaban J connectivity index is 1.34. The minimum absolute atomic E-state index is 0.0814. The molecule has 1 N–H and O–H groups in total. The summed E-state index contributed by atoms with van der Waals surface area (Å²) in [5.41, 5.74) is 2.86. The summed E-state index contributed by atoms with van der Waals surface area (Å²) in [6.07, 6.45) is 6.74. The molecule has 1 aliphatic rings. The van der Waals surface area contributed by atoms with Crippen LogP contribution in [0.4, 0.5) is 11.4 Å². The number of aromatic nitrogens is 3. The van der Waals surface area contributed by atoms with Crippen LogP contribution >= 0.6 is 11.8 Å². The maximum Gasteiger partial charge on any atom is 0.234 e. The number of nitrogens with zero attached hydrogens (tertiary/aromatic N) is 4. The predicted octanol–water partition coefficient (Wildman–Crippen LogP) is 4.39. The second kappa shape index (κ2) is 10.3. The molecule has 1 saturated heterocycles. The van der Waals surface area contributed by atoms with Gasteiger partial charge in [-0.25, -0.2) is 0 Å². The van der Waals surface area contributed by atoms with Gasteiger partial charge >= 0.3 is 0 Å². The Morgan fingerprint density at radius 3 is 2.55 bits per heavy atom. The summed E-state index contributed by atoms with van der Waals surface area (Å²) < 4.78 is 7.25. The summed E-state index contributed by atoms with van der Waals surface area (Å²) in [5.74, 6) is 0.877. The molecule has 3 aromatic rings. The van der Waals surface area contributed by atoms with E-state index < -0.39 is 0 Å². The van der Waals surface area contributed by atoms with Crippen LogP contribution in [0.1, 0.15) is 25.7 Å². The lowest BCUT2D eigenvalue weighted by Gasteiger charge is -2.22. The Morgan fingerprint density at radius 1 is 1.06 bits per heavy atom. The van der Waals surface area contributed by atoms with Gasteiger partial charge in [-0.05, 0) is 49.2 Å². The first-order valence-corrected chi connectivity index (χ1v) is 11.5. The third-order valence-corrected chi connectivity index (χ3v) is 6.26. The molecule has 2 heterocycles. The topological polar surface area (TPSA) is 72.3 Å². The molecule has 1 aliphatic heterocycles. The van der Waals surface area contributed by atoms with Gasteiger partial charge in [-0.15, -0.1) is 10.2 Å².